The number of hydrogen-bond donors (Lipinski definition) is 2. The van der Waals surface area contributed by atoms with Gasteiger partial charge in [-0.3, -0.25) is 15.6 Å². The van der Waals surface area contributed by atoms with Crippen LogP contribution >= 0.6 is 15.9 Å². The molecule has 2 aromatic carbocycles. The van der Waals surface area contributed by atoms with Gasteiger partial charge in [0.05, 0.1) is 5.41 Å². The van der Waals surface area contributed by atoms with Crippen LogP contribution in [0, 0.1) is 5.82 Å². The van der Waals surface area contributed by atoms with Crippen LogP contribution in [0.25, 0.3) is 0 Å². The molecule has 1 amide bonds. The fraction of sp³-hybridized carbons (Fsp3) is 0.435. The Labute approximate surface area is 180 Å². The number of nitrogens with one attached hydrogen (secondary N) is 2. The number of likely N-dealkylation sites (N-methyl/N-ethyl adjacent to an activating group) is 1. The first-order chi connectivity index (χ1) is 14.0. The summed E-state index contributed by atoms with van der Waals surface area (Å²) in [5.74, 6) is 0.0255. The van der Waals surface area contributed by atoms with Gasteiger partial charge >= 0.3 is 0 Å². The average molecular weight is 460 g/mol. The highest BCUT2D eigenvalue weighted by Gasteiger charge is 2.52. The minimum absolute atomic E-state index is 0.200. The molecule has 4 rings (SSSR count). The number of halogens is 2. The topological polar surface area (TPSA) is 44.4 Å². The molecule has 2 fully saturated rings. The number of rotatable bonds is 7. The summed E-state index contributed by atoms with van der Waals surface area (Å²) in [6.45, 7) is 0.758. The lowest BCUT2D eigenvalue weighted by Crippen LogP contribution is -2.38. The van der Waals surface area contributed by atoms with E-state index in [-0.39, 0.29) is 23.2 Å². The molecule has 0 aromatic heterocycles. The zero-order valence-corrected chi connectivity index (χ0v) is 18.2. The number of carbonyl (C=O) groups excluding carboxylic acids is 1. The van der Waals surface area contributed by atoms with Crippen molar-refractivity contribution in [1.82, 2.24) is 15.8 Å². The van der Waals surface area contributed by atoms with Gasteiger partial charge < -0.3 is 4.90 Å². The Morgan fingerprint density at radius 2 is 1.97 bits per heavy atom. The van der Waals surface area contributed by atoms with Crippen molar-refractivity contribution in [3.8, 4) is 0 Å². The molecule has 2 unspecified atom stereocenters. The summed E-state index contributed by atoms with van der Waals surface area (Å²) < 4.78 is 14.1. The minimum Gasteiger partial charge on any atom is -0.345 e. The van der Waals surface area contributed by atoms with Crippen LogP contribution in [0.2, 0.25) is 0 Å². The minimum atomic E-state index is -0.320. The summed E-state index contributed by atoms with van der Waals surface area (Å²) in [4.78, 5) is 15.0. The van der Waals surface area contributed by atoms with E-state index >= 15 is 0 Å². The van der Waals surface area contributed by atoms with Gasteiger partial charge in [-0.2, -0.15) is 0 Å². The van der Waals surface area contributed by atoms with Crippen molar-refractivity contribution in [3.05, 3.63) is 69.9 Å². The van der Waals surface area contributed by atoms with Gasteiger partial charge in [-0.1, -0.05) is 40.2 Å². The maximum Gasteiger partial charge on any atom is 0.232 e. The van der Waals surface area contributed by atoms with E-state index in [0.717, 1.165) is 54.2 Å². The molecule has 1 saturated carbocycles. The van der Waals surface area contributed by atoms with E-state index in [0.29, 0.717) is 6.04 Å². The Bertz CT molecular complexity index is 869. The molecule has 1 aliphatic heterocycles. The molecule has 1 heterocycles. The summed E-state index contributed by atoms with van der Waals surface area (Å²) in [6.07, 6.45) is 4.77. The Balaban J connectivity index is 1.26. The second-order valence-corrected chi connectivity index (χ2v) is 9.20. The highest BCUT2D eigenvalue weighted by atomic mass is 79.9. The van der Waals surface area contributed by atoms with Crippen LogP contribution in [-0.2, 0) is 10.2 Å². The van der Waals surface area contributed by atoms with Crippen molar-refractivity contribution in [2.45, 2.75) is 49.6 Å². The molecule has 0 radical (unpaired) electrons. The van der Waals surface area contributed by atoms with E-state index in [1.54, 1.807) is 0 Å². The van der Waals surface area contributed by atoms with Crippen LogP contribution in [-0.4, -0.2) is 30.4 Å². The van der Waals surface area contributed by atoms with Crippen molar-refractivity contribution in [2.24, 2.45) is 0 Å². The van der Waals surface area contributed by atoms with Crippen LogP contribution < -0.4 is 10.9 Å². The first-order valence-electron chi connectivity index (χ1n) is 10.3. The first kappa shape index (κ1) is 20.5. The van der Waals surface area contributed by atoms with Crippen molar-refractivity contribution in [3.63, 3.8) is 0 Å². The Morgan fingerprint density at radius 3 is 2.66 bits per heavy atom. The molecular weight excluding hydrogens is 433 g/mol. The molecule has 2 aromatic rings. The highest BCUT2D eigenvalue weighted by molar-refractivity contribution is 9.10. The molecule has 29 heavy (non-hydrogen) atoms. The zero-order valence-electron chi connectivity index (χ0n) is 16.6. The SMILES string of the molecule is CN(CCCC1CC(c2ccc(F)cc2)NN1)C(=O)C1(c2cccc(Br)c2)CC1. The lowest BCUT2D eigenvalue weighted by atomic mass is 9.94. The number of benzene rings is 2. The Kier molecular flexibility index (Phi) is 6.04. The monoisotopic (exact) mass is 459 g/mol. The summed E-state index contributed by atoms with van der Waals surface area (Å²) in [6, 6.07) is 15.4. The van der Waals surface area contributed by atoms with E-state index in [4.69, 9.17) is 0 Å². The van der Waals surface area contributed by atoms with Gasteiger partial charge in [-0.05, 0) is 67.5 Å². The van der Waals surface area contributed by atoms with E-state index in [9.17, 15) is 9.18 Å². The number of hydrogen-bond acceptors (Lipinski definition) is 3. The van der Waals surface area contributed by atoms with Gasteiger partial charge in [-0.25, -0.2) is 4.39 Å². The van der Waals surface area contributed by atoms with Crippen LogP contribution in [0.5, 0.6) is 0 Å². The number of nitrogens with zero attached hydrogens (tertiary/aromatic N) is 1. The van der Waals surface area contributed by atoms with Gasteiger partial charge in [0.1, 0.15) is 5.82 Å². The normalized spacial score (nSPS) is 22.4. The largest absolute Gasteiger partial charge is 0.345 e. The molecule has 1 saturated heterocycles. The van der Waals surface area contributed by atoms with Crippen molar-refractivity contribution < 1.29 is 9.18 Å². The second-order valence-electron chi connectivity index (χ2n) is 8.29. The lowest BCUT2D eigenvalue weighted by Gasteiger charge is -2.24. The third-order valence-corrected chi connectivity index (χ3v) is 6.68. The average Bonchev–Trinajstić information content (AvgIpc) is 3.40. The van der Waals surface area contributed by atoms with E-state index in [1.807, 2.05) is 36.2 Å². The summed E-state index contributed by atoms with van der Waals surface area (Å²) >= 11 is 3.52. The second kappa shape index (κ2) is 8.54. The maximum absolute atomic E-state index is 13.1. The van der Waals surface area contributed by atoms with E-state index in [1.165, 1.54) is 12.1 Å². The molecule has 0 spiro atoms. The van der Waals surface area contributed by atoms with Crippen molar-refractivity contribution >= 4 is 21.8 Å². The molecule has 154 valence electrons. The van der Waals surface area contributed by atoms with Gasteiger partial charge in [0.15, 0.2) is 0 Å². The molecule has 2 aliphatic rings. The first-order valence-corrected chi connectivity index (χ1v) is 11.1. The molecule has 2 N–H and O–H groups in total. The van der Waals surface area contributed by atoms with Gasteiger partial charge in [0.2, 0.25) is 5.91 Å². The smallest absolute Gasteiger partial charge is 0.232 e. The predicted octanol–water partition coefficient (Wildman–Crippen LogP) is 4.47. The molecular formula is C23H27BrFN3O. The van der Waals surface area contributed by atoms with Crippen LogP contribution in [0.1, 0.15) is 49.3 Å². The Hall–Kier alpha value is -1.76. The number of carbonyl (C=O) groups is 1. The zero-order chi connectivity index (χ0) is 20.4. The fourth-order valence-electron chi connectivity index (χ4n) is 4.30. The predicted molar refractivity (Wildman–Crippen MR) is 116 cm³/mol. The maximum atomic E-state index is 13.1. The summed E-state index contributed by atoms with van der Waals surface area (Å²) in [5.41, 5.74) is 8.55. The molecule has 2 atom stereocenters. The lowest BCUT2D eigenvalue weighted by molar-refractivity contribution is -0.132. The molecule has 6 heteroatoms. The van der Waals surface area contributed by atoms with E-state index in [2.05, 4.69) is 38.9 Å². The van der Waals surface area contributed by atoms with Crippen LogP contribution in [0.3, 0.4) is 0 Å². The molecule has 1 aliphatic carbocycles. The molecule has 0 bridgehead atoms. The van der Waals surface area contributed by atoms with Crippen LogP contribution in [0.15, 0.2) is 53.0 Å². The third-order valence-electron chi connectivity index (χ3n) is 6.18. The number of amides is 1. The van der Waals surface area contributed by atoms with Crippen molar-refractivity contribution in [1.29, 1.82) is 0 Å². The van der Waals surface area contributed by atoms with Gasteiger partial charge in [-0.15, -0.1) is 0 Å². The van der Waals surface area contributed by atoms with Gasteiger partial charge in [0, 0.05) is 30.1 Å². The standard InChI is InChI=1S/C23H27BrFN3O/c1-28(22(29)23(11-12-23)17-4-2-5-18(24)14-17)13-3-6-20-15-21(27-26-20)16-7-9-19(25)10-8-16/h2,4-5,7-10,14,20-21,26-27H,3,6,11-13,15H2,1H3. The fourth-order valence-corrected chi connectivity index (χ4v) is 4.70. The van der Waals surface area contributed by atoms with Crippen LogP contribution in [0.4, 0.5) is 4.39 Å². The molecule has 4 nitrogen and oxygen atoms in total. The quantitative estimate of drug-likeness (QED) is 0.641. The third kappa shape index (κ3) is 4.55. The van der Waals surface area contributed by atoms with Crippen molar-refractivity contribution in [2.75, 3.05) is 13.6 Å². The van der Waals surface area contributed by atoms with E-state index < -0.39 is 0 Å². The summed E-state index contributed by atoms with van der Waals surface area (Å²) in [5, 5.41) is 0. The highest BCUT2D eigenvalue weighted by Crippen LogP contribution is 2.50. The Morgan fingerprint density at radius 1 is 1.21 bits per heavy atom. The summed E-state index contributed by atoms with van der Waals surface area (Å²) in [7, 11) is 1.92. The number of hydrazine groups is 1. The van der Waals surface area contributed by atoms with Gasteiger partial charge in [0.25, 0.3) is 0 Å².